The van der Waals surface area contributed by atoms with Crippen LogP contribution in [0.5, 0.6) is 0 Å². The van der Waals surface area contributed by atoms with E-state index >= 15 is 0 Å². The molecule has 1 aromatic rings. The predicted octanol–water partition coefficient (Wildman–Crippen LogP) is 4.28. The molecule has 2 fully saturated rings. The molecule has 0 spiro atoms. The van der Waals surface area contributed by atoms with E-state index in [1.165, 1.54) is 24.8 Å². The summed E-state index contributed by atoms with van der Waals surface area (Å²) >= 11 is 9.78. The monoisotopic (exact) mass is 327 g/mol. The average molecular weight is 329 g/mol. The fourth-order valence-corrected chi connectivity index (χ4v) is 4.58. The maximum Gasteiger partial charge on any atom is 0.0449 e. The lowest BCUT2D eigenvalue weighted by atomic mass is 9.97. The van der Waals surface area contributed by atoms with Crippen LogP contribution in [0.15, 0.2) is 22.7 Å². The van der Waals surface area contributed by atoms with Crippen molar-refractivity contribution >= 4 is 27.5 Å². The smallest absolute Gasteiger partial charge is 0.0449 e. The molecule has 3 heteroatoms. The van der Waals surface area contributed by atoms with Crippen LogP contribution in [-0.2, 0) is 6.42 Å². The maximum atomic E-state index is 6.32. The Morgan fingerprint density at radius 3 is 2.72 bits per heavy atom. The van der Waals surface area contributed by atoms with Gasteiger partial charge in [0.1, 0.15) is 0 Å². The Hall–Kier alpha value is -0.0500. The van der Waals surface area contributed by atoms with Crippen LogP contribution in [0.25, 0.3) is 0 Å². The van der Waals surface area contributed by atoms with Gasteiger partial charge >= 0.3 is 0 Å². The first-order valence-corrected chi connectivity index (χ1v) is 7.99. The lowest BCUT2D eigenvalue weighted by Gasteiger charge is -2.19. The highest BCUT2D eigenvalue weighted by Gasteiger charge is 2.55. The molecular formula is C15H19BrClN. The quantitative estimate of drug-likeness (QED) is 0.870. The summed E-state index contributed by atoms with van der Waals surface area (Å²) in [4.78, 5) is 0. The van der Waals surface area contributed by atoms with Crippen LogP contribution < -0.4 is 5.32 Å². The minimum atomic E-state index is 0.596. The number of likely N-dealkylation sites (N-methyl/N-ethyl adjacent to an activating group) is 1. The molecule has 3 atom stereocenters. The molecule has 0 radical (unpaired) electrons. The van der Waals surface area contributed by atoms with E-state index in [1.54, 1.807) is 0 Å². The van der Waals surface area contributed by atoms with E-state index in [2.05, 4.69) is 40.4 Å². The van der Waals surface area contributed by atoms with Gasteiger partial charge in [-0.25, -0.2) is 0 Å². The van der Waals surface area contributed by atoms with Gasteiger partial charge in [-0.1, -0.05) is 40.0 Å². The van der Waals surface area contributed by atoms with Gasteiger partial charge in [-0.2, -0.15) is 0 Å². The van der Waals surface area contributed by atoms with Gasteiger partial charge in [0.2, 0.25) is 0 Å². The van der Waals surface area contributed by atoms with Gasteiger partial charge in [-0.05, 0) is 61.8 Å². The van der Waals surface area contributed by atoms with Crippen molar-refractivity contribution in [2.45, 2.75) is 31.7 Å². The zero-order valence-electron chi connectivity index (χ0n) is 10.6. The van der Waals surface area contributed by atoms with E-state index in [4.69, 9.17) is 11.6 Å². The number of hydrogen-bond acceptors (Lipinski definition) is 1. The molecule has 1 N–H and O–H groups in total. The molecule has 0 saturated heterocycles. The molecule has 1 nitrogen and oxygen atoms in total. The molecule has 98 valence electrons. The number of fused-ring (bicyclic) bond motifs is 1. The standard InChI is InChI=1S/C15H19BrClN/c1-18-14(15-11-3-2-4-12(11)15)7-9-5-6-10(16)8-13(9)17/h5-6,8,11-12,14-15,18H,2-4,7H2,1H3. The molecule has 0 aliphatic heterocycles. The largest absolute Gasteiger partial charge is 0.316 e. The fraction of sp³-hybridized carbons (Fsp3) is 0.600. The normalized spacial score (nSPS) is 31.2. The zero-order chi connectivity index (χ0) is 12.7. The summed E-state index contributed by atoms with van der Waals surface area (Å²) in [5.41, 5.74) is 1.27. The second kappa shape index (κ2) is 5.15. The highest BCUT2D eigenvalue weighted by molar-refractivity contribution is 9.10. The number of rotatable bonds is 4. The number of benzene rings is 1. The third-order valence-corrected chi connectivity index (χ3v) is 5.61. The minimum Gasteiger partial charge on any atom is -0.316 e. The summed E-state index contributed by atoms with van der Waals surface area (Å²) in [5, 5.41) is 4.40. The van der Waals surface area contributed by atoms with Gasteiger partial charge in [0.15, 0.2) is 0 Å². The Kier molecular flexibility index (Phi) is 3.70. The molecular weight excluding hydrogens is 310 g/mol. The Bertz CT molecular complexity index is 438. The van der Waals surface area contributed by atoms with Gasteiger partial charge in [0, 0.05) is 15.5 Å². The first kappa shape index (κ1) is 13.0. The Morgan fingerprint density at radius 1 is 1.39 bits per heavy atom. The summed E-state index contributed by atoms with van der Waals surface area (Å²) in [6, 6.07) is 6.83. The van der Waals surface area contributed by atoms with Gasteiger partial charge in [-0.3, -0.25) is 0 Å². The van der Waals surface area contributed by atoms with Crippen LogP contribution in [0.3, 0.4) is 0 Å². The minimum absolute atomic E-state index is 0.596. The van der Waals surface area contributed by atoms with Crippen molar-refractivity contribution in [2.24, 2.45) is 17.8 Å². The highest BCUT2D eigenvalue weighted by atomic mass is 79.9. The topological polar surface area (TPSA) is 12.0 Å². The van der Waals surface area contributed by atoms with E-state index in [0.29, 0.717) is 6.04 Å². The molecule has 18 heavy (non-hydrogen) atoms. The Balaban J connectivity index is 1.70. The number of halogens is 2. The van der Waals surface area contributed by atoms with Gasteiger partial charge in [-0.15, -0.1) is 0 Å². The lowest BCUT2D eigenvalue weighted by Crippen LogP contribution is -2.31. The second-order valence-corrected chi connectivity index (χ2v) is 6.99. The van der Waals surface area contributed by atoms with Crippen LogP contribution >= 0.6 is 27.5 Å². The van der Waals surface area contributed by atoms with E-state index in [1.807, 2.05) is 6.07 Å². The van der Waals surface area contributed by atoms with Gasteiger partial charge in [0.05, 0.1) is 0 Å². The van der Waals surface area contributed by atoms with Crippen molar-refractivity contribution < 1.29 is 0 Å². The first-order chi connectivity index (χ1) is 8.70. The number of nitrogens with one attached hydrogen (secondary N) is 1. The van der Waals surface area contributed by atoms with Crippen molar-refractivity contribution in [3.63, 3.8) is 0 Å². The summed E-state index contributed by atoms with van der Waals surface area (Å²) in [7, 11) is 2.09. The van der Waals surface area contributed by atoms with E-state index < -0.39 is 0 Å². The number of hydrogen-bond donors (Lipinski definition) is 1. The molecule has 0 bridgehead atoms. The van der Waals surface area contributed by atoms with Crippen molar-refractivity contribution in [1.82, 2.24) is 5.32 Å². The molecule has 2 saturated carbocycles. The summed E-state index contributed by atoms with van der Waals surface area (Å²) in [6.45, 7) is 0. The summed E-state index contributed by atoms with van der Waals surface area (Å²) < 4.78 is 1.06. The van der Waals surface area contributed by atoms with Crippen molar-refractivity contribution in [2.75, 3.05) is 7.05 Å². The fourth-order valence-electron chi connectivity index (χ4n) is 3.83. The van der Waals surface area contributed by atoms with Crippen LogP contribution in [0, 0.1) is 17.8 Å². The van der Waals surface area contributed by atoms with Gasteiger partial charge in [0.25, 0.3) is 0 Å². The molecule has 0 amide bonds. The molecule has 0 heterocycles. The van der Waals surface area contributed by atoms with Crippen molar-refractivity contribution in [3.8, 4) is 0 Å². The van der Waals surface area contributed by atoms with Crippen molar-refractivity contribution in [1.29, 1.82) is 0 Å². The molecule has 3 unspecified atom stereocenters. The van der Waals surface area contributed by atoms with Gasteiger partial charge < -0.3 is 5.32 Å². The molecule has 1 aromatic carbocycles. The molecule has 2 aliphatic carbocycles. The zero-order valence-corrected chi connectivity index (χ0v) is 13.0. The summed E-state index contributed by atoms with van der Waals surface area (Å²) in [5.74, 6) is 2.89. The highest BCUT2D eigenvalue weighted by Crippen LogP contribution is 2.59. The van der Waals surface area contributed by atoms with Crippen LogP contribution in [0.4, 0.5) is 0 Å². The lowest BCUT2D eigenvalue weighted by molar-refractivity contribution is 0.428. The van der Waals surface area contributed by atoms with Crippen LogP contribution in [0.1, 0.15) is 24.8 Å². The SMILES string of the molecule is CNC(Cc1ccc(Br)cc1Cl)C1C2CCCC21. The second-order valence-electron chi connectivity index (χ2n) is 5.67. The summed E-state index contributed by atoms with van der Waals surface area (Å²) in [6.07, 6.45) is 5.39. The Labute approximate surface area is 122 Å². The van der Waals surface area contributed by atoms with E-state index in [9.17, 15) is 0 Å². The molecule has 0 aromatic heterocycles. The maximum absolute atomic E-state index is 6.32. The first-order valence-electron chi connectivity index (χ1n) is 6.82. The third-order valence-electron chi connectivity index (χ3n) is 4.76. The third kappa shape index (κ3) is 2.35. The van der Waals surface area contributed by atoms with E-state index in [-0.39, 0.29) is 0 Å². The molecule has 3 rings (SSSR count). The van der Waals surface area contributed by atoms with E-state index in [0.717, 1.165) is 33.7 Å². The van der Waals surface area contributed by atoms with Crippen LogP contribution in [0.2, 0.25) is 5.02 Å². The molecule has 2 aliphatic rings. The average Bonchev–Trinajstić information content (AvgIpc) is 2.82. The Morgan fingerprint density at radius 2 is 2.11 bits per heavy atom. The predicted molar refractivity (Wildman–Crippen MR) is 80.0 cm³/mol. The van der Waals surface area contributed by atoms with Crippen LogP contribution in [-0.4, -0.2) is 13.1 Å². The van der Waals surface area contributed by atoms with Crippen molar-refractivity contribution in [3.05, 3.63) is 33.3 Å².